The standard InChI is InChI=1S/C24H28F3N3O3/c25-24(26,27)18-6-8-19(9-7-18)28-23(32)29-20(15-30-11-1-2-12-30)22(31)17-5-10-21-16(14-17)4-3-13-33-21/h5-10,14,20,22,31H,1-4,11-13,15H2,(H2,28,29,32)/t20-,22-/m1/s1. The maximum absolute atomic E-state index is 12.8. The molecule has 2 amide bonds. The molecule has 2 aromatic carbocycles. The van der Waals surface area contributed by atoms with E-state index in [0.717, 1.165) is 62.2 Å². The summed E-state index contributed by atoms with van der Waals surface area (Å²) >= 11 is 0. The summed E-state index contributed by atoms with van der Waals surface area (Å²) in [5, 5.41) is 16.5. The molecule has 0 unspecified atom stereocenters. The van der Waals surface area contributed by atoms with Crippen LogP contribution < -0.4 is 15.4 Å². The fourth-order valence-electron chi connectivity index (χ4n) is 4.34. The molecule has 0 aliphatic carbocycles. The molecule has 1 saturated heterocycles. The highest BCUT2D eigenvalue weighted by Crippen LogP contribution is 2.31. The molecule has 2 heterocycles. The minimum absolute atomic E-state index is 0.237. The molecule has 2 aliphatic heterocycles. The molecule has 2 aromatic rings. The van der Waals surface area contributed by atoms with Crippen molar-refractivity contribution in [1.82, 2.24) is 10.2 Å². The van der Waals surface area contributed by atoms with Crippen molar-refractivity contribution in [2.24, 2.45) is 0 Å². The highest BCUT2D eigenvalue weighted by Gasteiger charge is 2.30. The number of nitrogens with zero attached hydrogens (tertiary/aromatic N) is 1. The van der Waals surface area contributed by atoms with Gasteiger partial charge in [0.1, 0.15) is 11.9 Å². The van der Waals surface area contributed by atoms with Crippen LogP contribution >= 0.6 is 0 Å². The third-order valence-electron chi connectivity index (χ3n) is 6.10. The number of hydrogen-bond donors (Lipinski definition) is 3. The molecule has 0 saturated carbocycles. The lowest BCUT2D eigenvalue weighted by molar-refractivity contribution is -0.137. The Labute approximate surface area is 190 Å². The van der Waals surface area contributed by atoms with Gasteiger partial charge in [0.05, 0.1) is 18.2 Å². The first-order valence-corrected chi connectivity index (χ1v) is 11.2. The van der Waals surface area contributed by atoms with Crippen molar-refractivity contribution >= 4 is 11.7 Å². The quantitative estimate of drug-likeness (QED) is 0.596. The number of anilines is 1. The number of aliphatic hydroxyl groups excluding tert-OH is 1. The molecule has 6 nitrogen and oxygen atoms in total. The zero-order valence-electron chi connectivity index (χ0n) is 18.2. The molecule has 0 bridgehead atoms. The molecule has 1 fully saturated rings. The number of carbonyl (C=O) groups is 1. The Morgan fingerprint density at radius 3 is 2.52 bits per heavy atom. The van der Waals surface area contributed by atoms with Crippen molar-refractivity contribution in [1.29, 1.82) is 0 Å². The lowest BCUT2D eigenvalue weighted by Crippen LogP contribution is -2.48. The van der Waals surface area contributed by atoms with Crippen molar-refractivity contribution in [2.75, 3.05) is 31.6 Å². The molecular formula is C24H28F3N3O3. The first-order chi connectivity index (χ1) is 15.8. The Hall–Kier alpha value is -2.78. The van der Waals surface area contributed by atoms with Crippen molar-refractivity contribution in [3.05, 3.63) is 59.2 Å². The molecular weight excluding hydrogens is 435 g/mol. The first-order valence-electron chi connectivity index (χ1n) is 11.2. The second kappa shape index (κ2) is 10.0. The van der Waals surface area contributed by atoms with Crippen LogP contribution in [0, 0.1) is 0 Å². The fraction of sp³-hybridized carbons (Fsp3) is 0.458. The number of benzene rings is 2. The number of nitrogens with one attached hydrogen (secondary N) is 2. The van der Waals surface area contributed by atoms with Gasteiger partial charge in [0.25, 0.3) is 0 Å². The largest absolute Gasteiger partial charge is 0.493 e. The van der Waals surface area contributed by atoms with Gasteiger partial charge >= 0.3 is 12.2 Å². The maximum Gasteiger partial charge on any atom is 0.416 e. The Morgan fingerprint density at radius 2 is 1.82 bits per heavy atom. The number of urea groups is 1. The van der Waals surface area contributed by atoms with E-state index in [1.165, 1.54) is 12.1 Å². The van der Waals surface area contributed by atoms with Crippen molar-refractivity contribution in [3.8, 4) is 5.75 Å². The summed E-state index contributed by atoms with van der Waals surface area (Å²) < 4.78 is 43.9. The normalized spacial score (nSPS) is 18.2. The number of ether oxygens (including phenoxy) is 1. The SMILES string of the molecule is O=C(Nc1ccc(C(F)(F)F)cc1)N[C@H](CN1CCCC1)[C@H](O)c1ccc2c(c1)CCCO2. The zero-order valence-corrected chi connectivity index (χ0v) is 18.2. The minimum atomic E-state index is -4.44. The average Bonchev–Trinajstić information content (AvgIpc) is 3.31. The minimum Gasteiger partial charge on any atom is -0.493 e. The van der Waals surface area contributed by atoms with Crippen LogP contribution in [0.25, 0.3) is 0 Å². The first kappa shape index (κ1) is 23.4. The Bertz CT molecular complexity index is 960. The van der Waals surface area contributed by atoms with Gasteiger partial charge in [0, 0.05) is 12.2 Å². The number of hydrogen-bond acceptors (Lipinski definition) is 4. The van der Waals surface area contributed by atoms with Gasteiger partial charge in [0.2, 0.25) is 0 Å². The van der Waals surface area contributed by atoms with Crippen molar-refractivity contribution < 1.29 is 27.8 Å². The van der Waals surface area contributed by atoms with E-state index in [-0.39, 0.29) is 5.69 Å². The highest BCUT2D eigenvalue weighted by molar-refractivity contribution is 5.89. The van der Waals surface area contributed by atoms with Gasteiger partial charge < -0.3 is 25.4 Å². The smallest absolute Gasteiger partial charge is 0.416 e. The van der Waals surface area contributed by atoms with Crippen molar-refractivity contribution in [2.45, 2.75) is 44.0 Å². The predicted molar refractivity (Wildman–Crippen MR) is 118 cm³/mol. The average molecular weight is 464 g/mol. The molecule has 178 valence electrons. The van der Waals surface area contributed by atoms with E-state index < -0.39 is 29.9 Å². The molecule has 0 radical (unpaired) electrons. The number of rotatable bonds is 6. The third kappa shape index (κ3) is 5.97. The molecule has 33 heavy (non-hydrogen) atoms. The predicted octanol–water partition coefficient (Wildman–Crippen LogP) is 4.35. The lowest BCUT2D eigenvalue weighted by atomic mass is 9.96. The zero-order chi connectivity index (χ0) is 23.4. The summed E-state index contributed by atoms with van der Waals surface area (Å²) in [6.45, 7) is 2.93. The van der Waals surface area contributed by atoms with E-state index >= 15 is 0 Å². The lowest BCUT2D eigenvalue weighted by Gasteiger charge is -2.29. The van der Waals surface area contributed by atoms with Crippen LogP contribution in [-0.2, 0) is 12.6 Å². The van der Waals surface area contributed by atoms with Gasteiger partial charge in [-0.1, -0.05) is 6.07 Å². The van der Waals surface area contributed by atoms with Crippen LogP contribution in [0.4, 0.5) is 23.7 Å². The molecule has 4 rings (SSSR count). The number of carbonyl (C=O) groups excluding carboxylic acids is 1. The molecule has 2 atom stereocenters. The number of halogens is 3. The molecule has 3 N–H and O–H groups in total. The van der Waals surface area contributed by atoms with E-state index in [1.807, 2.05) is 12.1 Å². The van der Waals surface area contributed by atoms with E-state index in [4.69, 9.17) is 4.74 Å². The van der Waals surface area contributed by atoms with Gasteiger partial charge in [0.15, 0.2) is 0 Å². The molecule has 2 aliphatic rings. The van der Waals surface area contributed by atoms with Gasteiger partial charge in [-0.3, -0.25) is 0 Å². The number of aliphatic hydroxyl groups is 1. The van der Waals surface area contributed by atoms with Gasteiger partial charge in [-0.2, -0.15) is 13.2 Å². The second-order valence-corrected chi connectivity index (χ2v) is 8.55. The summed E-state index contributed by atoms with van der Waals surface area (Å²) in [6.07, 6.45) is -1.47. The van der Waals surface area contributed by atoms with Gasteiger partial charge in [-0.25, -0.2) is 4.79 Å². The Morgan fingerprint density at radius 1 is 1.09 bits per heavy atom. The highest BCUT2D eigenvalue weighted by atomic mass is 19.4. The third-order valence-corrected chi connectivity index (χ3v) is 6.10. The second-order valence-electron chi connectivity index (χ2n) is 8.55. The topological polar surface area (TPSA) is 73.8 Å². The summed E-state index contributed by atoms with van der Waals surface area (Å²) in [4.78, 5) is 14.8. The van der Waals surface area contributed by atoms with E-state index in [1.54, 1.807) is 6.07 Å². The Kier molecular flexibility index (Phi) is 7.09. The maximum atomic E-state index is 12.8. The number of amides is 2. The number of aryl methyl sites for hydroxylation is 1. The molecule has 9 heteroatoms. The van der Waals surface area contributed by atoms with E-state index in [2.05, 4.69) is 15.5 Å². The van der Waals surface area contributed by atoms with Crippen LogP contribution in [0.5, 0.6) is 5.75 Å². The number of fused-ring (bicyclic) bond motifs is 1. The summed E-state index contributed by atoms with van der Waals surface area (Å²) in [6, 6.07) is 8.65. The van der Waals surface area contributed by atoms with E-state index in [9.17, 15) is 23.1 Å². The van der Waals surface area contributed by atoms with Crippen molar-refractivity contribution in [3.63, 3.8) is 0 Å². The van der Waals surface area contributed by atoms with Crippen LogP contribution in [0.15, 0.2) is 42.5 Å². The Balaban J connectivity index is 1.46. The monoisotopic (exact) mass is 463 g/mol. The van der Waals surface area contributed by atoms with Crippen LogP contribution in [0.2, 0.25) is 0 Å². The summed E-state index contributed by atoms with van der Waals surface area (Å²) in [7, 11) is 0. The van der Waals surface area contributed by atoms with Gasteiger partial charge in [-0.15, -0.1) is 0 Å². The summed E-state index contributed by atoms with van der Waals surface area (Å²) in [5.74, 6) is 0.821. The fourth-order valence-corrected chi connectivity index (χ4v) is 4.34. The molecule has 0 spiro atoms. The van der Waals surface area contributed by atoms with E-state index in [0.29, 0.717) is 18.7 Å². The summed E-state index contributed by atoms with van der Waals surface area (Å²) in [5.41, 5.74) is 1.18. The number of alkyl halides is 3. The van der Waals surface area contributed by atoms with Crippen LogP contribution in [0.1, 0.15) is 42.1 Å². The van der Waals surface area contributed by atoms with Gasteiger partial charge in [-0.05, 0) is 86.3 Å². The van der Waals surface area contributed by atoms with Crippen LogP contribution in [0.3, 0.4) is 0 Å². The van der Waals surface area contributed by atoms with Crippen LogP contribution in [-0.4, -0.2) is 48.3 Å². The molecule has 0 aromatic heterocycles. The number of likely N-dealkylation sites (tertiary alicyclic amines) is 1.